The van der Waals surface area contributed by atoms with Crippen LogP contribution in [0.5, 0.6) is 0 Å². The first-order valence-electron chi connectivity index (χ1n) is 9.75. The Morgan fingerprint density at radius 3 is 2.59 bits per heavy atom. The van der Waals surface area contributed by atoms with Crippen LogP contribution in [0.4, 0.5) is 5.69 Å². The maximum absolute atomic E-state index is 13.1. The second-order valence-electron chi connectivity index (χ2n) is 6.85. The lowest BCUT2D eigenvalue weighted by Gasteiger charge is -2.09. The van der Waals surface area contributed by atoms with Gasteiger partial charge in [0.2, 0.25) is 0 Å². The van der Waals surface area contributed by atoms with Crippen LogP contribution in [0.25, 0.3) is 0 Å². The van der Waals surface area contributed by atoms with Crippen LogP contribution in [-0.4, -0.2) is 28.0 Å². The monoisotopic (exact) mass is 370 g/mol. The fraction of sp³-hybridized carbons (Fsp3) is 0.455. The van der Waals surface area contributed by atoms with Crippen molar-refractivity contribution in [3.05, 3.63) is 52.8 Å². The number of aromatic nitrogens is 1. The summed E-state index contributed by atoms with van der Waals surface area (Å²) in [6, 6.07) is 9.58. The maximum atomic E-state index is 13.1. The van der Waals surface area contributed by atoms with E-state index in [0.29, 0.717) is 18.4 Å². The summed E-state index contributed by atoms with van der Waals surface area (Å²) in [5.41, 5.74) is 4.36. The van der Waals surface area contributed by atoms with E-state index in [9.17, 15) is 9.59 Å². The van der Waals surface area contributed by atoms with Crippen molar-refractivity contribution in [1.82, 2.24) is 4.57 Å². The highest BCUT2D eigenvalue weighted by atomic mass is 16.4. The number of carboxylic acid groups (broad SMARTS) is 1. The van der Waals surface area contributed by atoms with Crippen molar-refractivity contribution in [3.63, 3.8) is 0 Å². The van der Waals surface area contributed by atoms with Crippen LogP contribution in [0.2, 0.25) is 0 Å². The summed E-state index contributed by atoms with van der Waals surface area (Å²) in [4.78, 5) is 23.9. The molecule has 0 aliphatic heterocycles. The molecule has 0 saturated heterocycles. The molecule has 0 atom stereocenters. The first-order chi connectivity index (χ1) is 13.0. The molecule has 2 N–H and O–H groups in total. The van der Waals surface area contributed by atoms with Crippen LogP contribution < -0.4 is 5.32 Å². The third-order valence-corrected chi connectivity index (χ3v) is 4.84. The number of rotatable bonds is 11. The topological polar surface area (TPSA) is 71.3 Å². The first-order valence-corrected chi connectivity index (χ1v) is 9.75. The van der Waals surface area contributed by atoms with Crippen LogP contribution in [0.3, 0.4) is 0 Å². The molecule has 0 aliphatic carbocycles. The molecule has 1 heterocycles. The number of carboxylic acids is 1. The molecule has 27 heavy (non-hydrogen) atoms. The van der Waals surface area contributed by atoms with Gasteiger partial charge in [0.15, 0.2) is 5.78 Å². The lowest BCUT2D eigenvalue weighted by atomic mass is 10.0. The van der Waals surface area contributed by atoms with Crippen molar-refractivity contribution in [2.24, 2.45) is 7.05 Å². The summed E-state index contributed by atoms with van der Waals surface area (Å²) in [5.74, 6) is -0.769. The van der Waals surface area contributed by atoms with Crippen LogP contribution in [0.15, 0.2) is 30.3 Å². The molecule has 5 nitrogen and oxygen atoms in total. The van der Waals surface area contributed by atoms with Gasteiger partial charge >= 0.3 is 5.97 Å². The minimum Gasteiger partial charge on any atom is -0.481 e. The second kappa shape index (κ2) is 9.95. The molecule has 2 rings (SSSR count). The molecule has 5 heteroatoms. The highest BCUT2D eigenvalue weighted by Gasteiger charge is 2.19. The molecular formula is C22H30N2O3. The van der Waals surface area contributed by atoms with E-state index >= 15 is 0 Å². The molecular weight excluding hydrogens is 340 g/mol. The number of aliphatic carboxylic acids is 1. The van der Waals surface area contributed by atoms with Crippen LogP contribution >= 0.6 is 0 Å². The van der Waals surface area contributed by atoms with Crippen molar-refractivity contribution in [3.8, 4) is 0 Å². The number of hydrogen-bond donors (Lipinski definition) is 2. The van der Waals surface area contributed by atoms with E-state index in [0.717, 1.165) is 48.4 Å². The number of aryl methyl sites for hydroxylation is 1. The highest BCUT2D eigenvalue weighted by Crippen LogP contribution is 2.22. The Labute approximate surface area is 161 Å². The van der Waals surface area contributed by atoms with Gasteiger partial charge in [0.25, 0.3) is 0 Å². The van der Waals surface area contributed by atoms with Gasteiger partial charge in [-0.2, -0.15) is 0 Å². The molecule has 0 amide bonds. The Balaban J connectivity index is 2.22. The molecule has 1 aromatic heterocycles. The molecule has 0 saturated carbocycles. The summed E-state index contributed by atoms with van der Waals surface area (Å²) in [5, 5.41) is 12.2. The van der Waals surface area contributed by atoms with E-state index < -0.39 is 5.97 Å². The second-order valence-corrected chi connectivity index (χ2v) is 6.85. The number of nitrogens with one attached hydrogen (secondary N) is 1. The van der Waals surface area contributed by atoms with E-state index in [1.807, 2.05) is 48.9 Å². The fourth-order valence-corrected chi connectivity index (χ4v) is 3.32. The molecule has 0 unspecified atom stereocenters. The molecule has 0 bridgehead atoms. The molecule has 1 aromatic carbocycles. The predicted octanol–water partition coefficient (Wildman–Crippen LogP) is 4.44. The van der Waals surface area contributed by atoms with Crippen molar-refractivity contribution >= 4 is 17.4 Å². The smallest absolute Gasteiger partial charge is 0.303 e. The summed E-state index contributed by atoms with van der Waals surface area (Å²) in [6.07, 6.45) is 4.34. The lowest BCUT2D eigenvalue weighted by molar-refractivity contribution is -0.137. The van der Waals surface area contributed by atoms with Gasteiger partial charge in [-0.15, -0.1) is 0 Å². The summed E-state index contributed by atoms with van der Waals surface area (Å²) >= 11 is 0. The van der Waals surface area contributed by atoms with E-state index in [-0.39, 0.29) is 12.2 Å². The zero-order chi connectivity index (χ0) is 19.8. The van der Waals surface area contributed by atoms with Gasteiger partial charge in [0.1, 0.15) is 0 Å². The fourth-order valence-electron chi connectivity index (χ4n) is 3.32. The van der Waals surface area contributed by atoms with Crippen LogP contribution in [-0.2, 0) is 24.7 Å². The number of carbonyl (C=O) groups is 2. The van der Waals surface area contributed by atoms with E-state index in [1.54, 1.807) is 0 Å². The van der Waals surface area contributed by atoms with Gasteiger partial charge in [-0.05, 0) is 43.9 Å². The average Bonchev–Trinajstić information content (AvgIpc) is 2.97. The van der Waals surface area contributed by atoms with Crippen LogP contribution in [0.1, 0.15) is 66.8 Å². The Kier molecular flexibility index (Phi) is 7.65. The van der Waals surface area contributed by atoms with Crippen molar-refractivity contribution in [2.45, 2.75) is 52.4 Å². The molecule has 0 fully saturated rings. The van der Waals surface area contributed by atoms with Gasteiger partial charge in [-0.25, -0.2) is 0 Å². The number of anilines is 1. The van der Waals surface area contributed by atoms with Crippen molar-refractivity contribution < 1.29 is 14.7 Å². The number of nitrogens with zero attached hydrogens (tertiary/aromatic N) is 1. The predicted molar refractivity (Wildman–Crippen MR) is 109 cm³/mol. The molecule has 0 spiro atoms. The lowest BCUT2D eigenvalue weighted by Crippen LogP contribution is -2.07. The summed E-state index contributed by atoms with van der Waals surface area (Å²) in [7, 11) is 1.95. The number of benzene rings is 1. The minimum atomic E-state index is -0.788. The largest absolute Gasteiger partial charge is 0.481 e. The van der Waals surface area contributed by atoms with Gasteiger partial charge in [0, 0.05) is 48.2 Å². The Hall–Kier alpha value is -2.56. The number of ketones is 1. The summed E-state index contributed by atoms with van der Waals surface area (Å²) in [6.45, 7) is 5.08. The van der Waals surface area contributed by atoms with Gasteiger partial charge in [-0.1, -0.05) is 32.4 Å². The third-order valence-electron chi connectivity index (χ3n) is 4.84. The number of unbranched alkanes of at least 4 members (excludes halogenated alkanes) is 1. The zero-order valence-corrected chi connectivity index (χ0v) is 16.5. The highest BCUT2D eigenvalue weighted by molar-refractivity contribution is 6.10. The zero-order valence-electron chi connectivity index (χ0n) is 16.5. The maximum Gasteiger partial charge on any atom is 0.303 e. The van der Waals surface area contributed by atoms with Gasteiger partial charge < -0.3 is 15.0 Å². The van der Waals surface area contributed by atoms with Crippen molar-refractivity contribution in [1.29, 1.82) is 0 Å². The Bertz CT molecular complexity index is 793. The molecule has 146 valence electrons. The first kappa shape index (κ1) is 20.7. The Morgan fingerprint density at radius 1 is 1.15 bits per heavy atom. The average molecular weight is 370 g/mol. The molecule has 2 aromatic rings. The quantitative estimate of drug-likeness (QED) is 0.453. The molecule has 0 aliphatic rings. The van der Waals surface area contributed by atoms with E-state index in [2.05, 4.69) is 12.2 Å². The number of hydrogen-bond acceptors (Lipinski definition) is 3. The van der Waals surface area contributed by atoms with Crippen molar-refractivity contribution in [2.75, 3.05) is 11.9 Å². The molecule has 0 radical (unpaired) electrons. The number of carbonyl (C=O) groups excluding carboxylic acids is 1. The van der Waals surface area contributed by atoms with Gasteiger partial charge in [-0.3, -0.25) is 9.59 Å². The third kappa shape index (κ3) is 5.46. The minimum absolute atomic E-state index is 0.0195. The Morgan fingerprint density at radius 2 is 1.93 bits per heavy atom. The summed E-state index contributed by atoms with van der Waals surface area (Å²) < 4.78 is 2.04. The SMILES string of the molecule is CCCCNc1cccc(C(=O)c2cc(CCCC(=O)O)n(C)c2CC)c1. The van der Waals surface area contributed by atoms with E-state index in [4.69, 9.17) is 5.11 Å². The standard InChI is InChI=1S/C22H30N2O3/c1-4-6-13-23-17-10-7-9-16(14-17)22(27)19-15-18(11-8-12-21(25)26)24(3)20(19)5-2/h7,9-10,14-15,23H,4-6,8,11-13H2,1-3H3,(H,25,26). The van der Waals surface area contributed by atoms with Crippen LogP contribution in [0, 0.1) is 0 Å². The normalized spacial score (nSPS) is 10.8. The van der Waals surface area contributed by atoms with Gasteiger partial charge in [0.05, 0.1) is 0 Å². The van der Waals surface area contributed by atoms with E-state index in [1.165, 1.54) is 0 Å².